The van der Waals surface area contributed by atoms with E-state index in [1.165, 1.54) is 0 Å². The lowest BCUT2D eigenvalue weighted by Crippen LogP contribution is -2.39. The van der Waals surface area contributed by atoms with Crippen LogP contribution in [0.15, 0.2) is 54.6 Å². The Labute approximate surface area is 173 Å². The SMILES string of the molecule is CCN(C(=O)C1CCC(C(=O)Nc2ccc(N(C)C)cc2)CC1)c1ccccc1. The van der Waals surface area contributed by atoms with E-state index in [-0.39, 0.29) is 23.7 Å². The Balaban J connectivity index is 1.54. The van der Waals surface area contributed by atoms with Gasteiger partial charge in [-0.05, 0) is 69.0 Å². The van der Waals surface area contributed by atoms with Gasteiger partial charge in [0.2, 0.25) is 11.8 Å². The fourth-order valence-electron chi connectivity index (χ4n) is 3.98. The standard InChI is InChI=1S/C24H31N3O2/c1-4-27(22-8-6-5-7-9-22)24(29)19-12-10-18(11-13-19)23(28)25-20-14-16-21(17-15-20)26(2)3/h5-9,14-19H,4,10-13H2,1-3H3,(H,25,28). The number of carbonyl (C=O) groups excluding carboxylic acids is 2. The summed E-state index contributed by atoms with van der Waals surface area (Å²) in [7, 11) is 3.98. The number of nitrogens with zero attached hydrogens (tertiary/aromatic N) is 2. The number of para-hydroxylation sites is 1. The van der Waals surface area contributed by atoms with E-state index in [0.717, 1.165) is 42.7 Å². The lowest BCUT2D eigenvalue weighted by Gasteiger charge is -2.31. The summed E-state index contributed by atoms with van der Waals surface area (Å²) in [6.07, 6.45) is 3.04. The van der Waals surface area contributed by atoms with Gasteiger partial charge in [0.05, 0.1) is 0 Å². The molecule has 2 amide bonds. The summed E-state index contributed by atoms with van der Waals surface area (Å²) in [5.74, 6) is 0.207. The molecule has 29 heavy (non-hydrogen) atoms. The van der Waals surface area contributed by atoms with E-state index in [9.17, 15) is 9.59 Å². The number of hydrogen-bond donors (Lipinski definition) is 1. The van der Waals surface area contributed by atoms with E-state index in [1.807, 2.05) is 85.4 Å². The lowest BCUT2D eigenvalue weighted by molar-refractivity contribution is -0.126. The van der Waals surface area contributed by atoms with Crippen molar-refractivity contribution in [2.75, 3.05) is 35.8 Å². The number of amides is 2. The minimum absolute atomic E-state index is 0.00131. The molecule has 0 unspecified atom stereocenters. The highest BCUT2D eigenvalue weighted by Crippen LogP contribution is 2.32. The number of rotatable bonds is 6. The van der Waals surface area contributed by atoms with Crippen molar-refractivity contribution >= 4 is 28.9 Å². The zero-order valence-electron chi connectivity index (χ0n) is 17.6. The molecule has 5 heteroatoms. The zero-order valence-corrected chi connectivity index (χ0v) is 17.6. The first-order valence-corrected chi connectivity index (χ1v) is 10.4. The van der Waals surface area contributed by atoms with Crippen LogP contribution in [0.3, 0.4) is 0 Å². The predicted octanol–water partition coefficient (Wildman–Crippen LogP) is 4.55. The summed E-state index contributed by atoms with van der Waals surface area (Å²) in [4.78, 5) is 29.5. The second-order valence-electron chi connectivity index (χ2n) is 7.90. The van der Waals surface area contributed by atoms with Crippen molar-refractivity contribution in [3.63, 3.8) is 0 Å². The average Bonchev–Trinajstić information content (AvgIpc) is 2.75. The summed E-state index contributed by atoms with van der Waals surface area (Å²) < 4.78 is 0. The molecule has 5 nitrogen and oxygen atoms in total. The molecule has 1 aliphatic carbocycles. The Hall–Kier alpha value is -2.82. The van der Waals surface area contributed by atoms with Crippen LogP contribution in [0.4, 0.5) is 17.1 Å². The third-order valence-corrected chi connectivity index (χ3v) is 5.75. The van der Waals surface area contributed by atoms with Crippen molar-refractivity contribution in [1.82, 2.24) is 0 Å². The molecule has 0 saturated heterocycles. The van der Waals surface area contributed by atoms with Gasteiger partial charge in [0.15, 0.2) is 0 Å². The molecular formula is C24H31N3O2. The van der Waals surface area contributed by atoms with Crippen LogP contribution in [-0.4, -0.2) is 32.5 Å². The van der Waals surface area contributed by atoms with Gasteiger partial charge in [-0.2, -0.15) is 0 Å². The Kier molecular flexibility index (Phi) is 6.91. The Morgan fingerprint density at radius 2 is 1.45 bits per heavy atom. The van der Waals surface area contributed by atoms with Gasteiger partial charge >= 0.3 is 0 Å². The molecule has 1 saturated carbocycles. The highest BCUT2D eigenvalue weighted by atomic mass is 16.2. The number of nitrogens with one attached hydrogen (secondary N) is 1. The van der Waals surface area contributed by atoms with Crippen LogP contribution < -0.4 is 15.1 Å². The quantitative estimate of drug-likeness (QED) is 0.783. The minimum atomic E-state index is -0.0284. The molecule has 2 aromatic rings. The van der Waals surface area contributed by atoms with Crippen LogP contribution in [0.25, 0.3) is 0 Å². The van der Waals surface area contributed by atoms with Crippen LogP contribution in [0.1, 0.15) is 32.6 Å². The number of carbonyl (C=O) groups is 2. The molecule has 0 aliphatic heterocycles. The first-order chi connectivity index (χ1) is 14.0. The first-order valence-electron chi connectivity index (χ1n) is 10.4. The fraction of sp³-hybridized carbons (Fsp3) is 0.417. The van der Waals surface area contributed by atoms with E-state index in [0.29, 0.717) is 6.54 Å². The second-order valence-corrected chi connectivity index (χ2v) is 7.90. The molecular weight excluding hydrogens is 362 g/mol. The molecule has 0 bridgehead atoms. The first kappa shape index (κ1) is 20.9. The lowest BCUT2D eigenvalue weighted by atomic mass is 9.80. The zero-order chi connectivity index (χ0) is 20.8. The van der Waals surface area contributed by atoms with Crippen LogP contribution in [0, 0.1) is 11.8 Å². The van der Waals surface area contributed by atoms with E-state index in [1.54, 1.807) is 0 Å². The largest absolute Gasteiger partial charge is 0.378 e. The van der Waals surface area contributed by atoms with Gasteiger partial charge < -0.3 is 15.1 Å². The van der Waals surface area contributed by atoms with Crippen LogP contribution >= 0.6 is 0 Å². The predicted molar refractivity (Wildman–Crippen MR) is 119 cm³/mol. The van der Waals surface area contributed by atoms with E-state index < -0.39 is 0 Å². The molecule has 1 N–H and O–H groups in total. The summed E-state index contributed by atoms with van der Waals surface area (Å²) in [5, 5.41) is 3.03. The molecule has 0 aromatic heterocycles. The monoisotopic (exact) mass is 393 g/mol. The van der Waals surface area contributed by atoms with E-state index in [4.69, 9.17) is 0 Å². The number of benzene rings is 2. The normalized spacial score (nSPS) is 18.7. The summed E-state index contributed by atoms with van der Waals surface area (Å²) in [6.45, 7) is 2.66. The topological polar surface area (TPSA) is 52.7 Å². The third-order valence-electron chi connectivity index (χ3n) is 5.75. The fourth-order valence-corrected chi connectivity index (χ4v) is 3.98. The minimum Gasteiger partial charge on any atom is -0.378 e. The van der Waals surface area contributed by atoms with Gasteiger partial charge in [0, 0.05) is 49.5 Å². The molecule has 1 fully saturated rings. The molecule has 2 aromatic carbocycles. The highest BCUT2D eigenvalue weighted by Gasteiger charge is 2.32. The van der Waals surface area contributed by atoms with E-state index >= 15 is 0 Å². The highest BCUT2D eigenvalue weighted by molar-refractivity contribution is 5.96. The molecule has 0 heterocycles. The van der Waals surface area contributed by atoms with Crippen molar-refractivity contribution in [2.45, 2.75) is 32.6 Å². The maximum absolute atomic E-state index is 13.0. The van der Waals surface area contributed by atoms with Crippen molar-refractivity contribution < 1.29 is 9.59 Å². The van der Waals surface area contributed by atoms with Crippen molar-refractivity contribution in [2.24, 2.45) is 11.8 Å². The summed E-state index contributed by atoms with van der Waals surface area (Å²) in [5.41, 5.74) is 2.86. The van der Waals surface area contributed by atoms with Gasteiger partial charge in [-0.15, -0.1) is 0 Å². The van der Waals surface area contributed by atoms with E-state index in [2.05, 4.69) is 5.32 Å². The molecule has 1 aliphatic rings. The maximum Gasteiger partial charge on any atom is 0.230 e. The Bertz CT molecular complexity index is 810. The Morgan fingerprint density at radius 1 is 0.862 bits per heavy atom. The van der Waals surface area contributed by atoms with Gasteiger partial charge in [-0.3, -0.25) is 9.59 Å². The Morgan fingerprint density at radius 3 is 2.00 bits per heavy atom. The van der Waals surface area contributed by atoms with Crippen LogP contribution in [-0.2, 0) is 9.59 Å². The summed E-state index contributed by atoms with van der Waals surface area (Å²) in [6, 6.07) is 17.7. The van der Waals surface area contributed by atoms with Gasteiger partial charge in [0.1, 0.15) is 0 Å². The summed E-state index contributed by atoms with van der Waals surface area (Å²) >= 11 is 0. The molecule has 0 spiro atoms. The number of anilines is 3. The molecule has 3 rings (SSSR count). The molecule has 0 atom stereocenters. The smallest absolute Gasteiger partial charge is 0.230 e. The maximum atomic E-state index is 13.0. The van der Waals surface area contributed by atoms with Gasteiger partial charge in [0.25, 0.3) is 0 Å². The van der Waals surface area contributed by atoms with Crippen molar-refractivity contribution in [1.29, 1.82) is 0 Å². The van der Waals surface area contributed by atoms with Gasteiger partial charge in [-0.25, -0.2) is 0 Å². The van der Waals surface area contributed by atoms with Gasteiger partial charge in [-0.1, -0.05) is 18.2 Å². The van der Waals surface area contributed by atoms with Crippen molar-refractivity contribution in [3.05, 3.63) is 54.6 Å². The second kappa shape index (κ2) is 9.59. The third kappa shape index (κ3) is 5.17. The van der Waals surface area contributed by atoms with Crippen molar-refractivity contribution in [3.8, 4) is 0 Å². The molecule has 0 radical (unpaired) electrons. The molecule has 154 valence electrons. The van der Waals surface area contributed by atoms with Crippen LogP contribution in [0.2, 0.25) is 0 Å². The average molecular weight is 394 g/mol. The number of hydrogen-bond acceptors (Lipinski definition) is 3. The van der Waals surface area contributed by atoms with Crippen LogP contribution in [0.5, 0.6) is 0 Å².